The van der Waals surface area contributed by atoms with E-state index < -0.39 is 38.4 Å². The molecule has 1 heterocycles. The summed E-state index contributed by atoms with van der Waals surface area (Å²) in [5, 5.41) is 2.46. The zero-order valence-corrected chi connectivity index (χ0v) is 18.0. The lowest BCUT2D eigenvalue weighted by molar-refractivity contribution is -0.116. The third kappa shape index (κ3) is 3.83. The van der Waals surface area contributed by atoms with Gasteiger partial charge >= 0.3 is 0 Å². The predicted octanol–water partition coefficient (Wildman–Crippen LogP) is 1.50. The molecule has 160 valence electrons. The number of nitrogens with zero attached hydrogens (tertiary/aromatic N) is 2. The van der Waals surface area contributed by atoms with Crippen molar-refractivity contribution in [3.8, 4) is 0 Å². The van der Waals surface area contributed by atoms with Gasteiger partial charge in [0.05, 0.1) is 10.5 Å². The van der Waals surface area contributed by atoms with Gasteiger partial charge < -0.3 is 5.32 Å². The minimum Gasteiger partial charge on any atom is -0.324 e. The maximum absolute atomic E-state index is 12.6. The summed E-state index contributed by atoms with van der Waals surface area (Å²) < 4.78 is 52.2. The Morgan fingerprint density at radius 3 is 2.37 bits per heavy atom. The van der Waals surface area contributed by atoms with Crippen LogP contribution in [0.3, 0.4) is 0 Å². The largest absolute Gasteiger partial charge is 0.324 e. The van der Waals surface area contributed by atoms with Crippen molar-refractivity contribution < 1.29 is 26.4 Å². The Morgan fingerprint density at radius 1 is 1.07 bits per heavy atom. The third-order valence-electron chi connectivity index (χ3n) is 4.66. The second kappa shape index (κ2) is 8.17. The van der Waals surface area contributed by atoms with Crippen molar-refractivity contribution in [2.24, 2.45) is 0 Å². The van der Waals surface area contributed by atoms with Gasteiger partial charge in [-0.1, -0.05) is 32.0 Å². The van der Waals surface area contributed by atoms with E-state index in [1.807, 2.05) is 0 Å². The van der Waals surface area contributed by atoms with Crippen LogP contribution in [0.5, 0.6) is 0 Å². The molecule has 1 N–H and O–H groups in total. The monoisotopic (exact) mass is 451 g/mol. The highest BCUT2D eigenvalue weighted by Gasteiger charge is 2.41. The van der Waals surface area contributed by atoms with Crippen LogP contribution in [-0.2, 0) is 24.8 Å². The topological polar surface area (TPSA) is 121 Å². The summed E-state index contributed by atoms with van der Waals surface area (Å²) in [6, 6.07) is 11.4. The van der Waals surface area contributed by atoms with Crippen molar-refractivity contribution in [1.82, 2.24) is 8.61 Å². The fourth-order valence-electron chi connectivity index (χ4n) is 3.17. The lowest BCUT2D eigenvalue weighted by Gasteiger charge is -2.19. The molecular formula is C19H21N3O6S2. The van der Waals surface area contributed by atoms with Gasteiger partial charge in [0.2, 0.25) is 15.9 Å². The first kappa shape index (κ1) is 21.9. The highest BCUT2D eigenvalue weighted by molar-refractivity contribution is 7.90. The van der Waals surface area contributed by atoms with Crippen LogP contribution in [0.25, 0.3) is 0 Å². The SMILES string of the molecule is CCN(CC)S(=O)(=O)c1cccc(NC(=O)CN2C(=O)c3ccccc3S2(=O)=O)c1. The Hall–Kier alpha value is -2.76. The number of benzene rings is 2. The number of sulfonamides is 2. The van der Waals surface area contributed by atoms with Crippen LogP contribution in [0, 0.1) is 0 Å². The van der Waals surface area contributed by atoms with E-state index in [9.17, 15) is 26.4 Å². The van der Waals surface area contributed by atoms with Crippen molar-refractivity contribution in [3.05, 3.63) is 54.1 Å². The number of carbonyl (C=O) groups is 2. The van der Waals surface area contributed by atoms with E-state index in [1.54, 1.807) is 13.8 Å². The summed E-state index contributed by atoms with van der Waals surface area (Å²) in [5.41, 5.74) is 0.187. The Kier molecular flexibility index (Phi) is 5.97. The number of nitrogens with one attached hydrogen (secondary N) is 1. The summed E-state index contributed by atoms with van der Waals surface area (Å²) in [6.45, 7) is 3.31. The van der Waals surface area contributed by atoms with Gasteiger partial charge in [0.25, 0.3) is 15.9 Å². The Balaban J connectivity index is 1.79. The minimum absolute atomic E-state index is 0.00118. The van der Waals surface area contributed by atoms with Crippen molar-refractivity contribution >= 4 is 37.5 Å². The average molecular weight is 452 g/mol. The number of amides is 2. The molecule has 11 heteroatoms. The summed E-state index contributed by atoms with van der Waals surface area (Å²) in [4.78, 5) is 24.7. The molecule has 0 aliphatic carbocycles. The van der Waals surface area contributed by atoms with Crippen molar-refractivity contribution in [3.63, 3.8) is 0 Å². The van der Waals surface area contributed by atoms with Crippen LogP contribution in [0.2, 0.25) is 0 Å². The molecular weight excluding hydrogens is 430 g/mol. The number of hydrogen-bond acceptors (Lipinski definition) is 6. The smallest absolute Gasteiger partial charge is 0.269 e. The van der Waals surface area contributed by atoms with E-state index in [4.69, 9.17) is 0 Å². The van der Waals surface area contributed by atoms with Gasteiger partial charge in [-0.15, -0.1) is 0 Å². The minimum atomic E-state index is -4.11. The molecule has 30 heavy (non-hydrogen) atoms. The number of hydrogen-bond donors (Lipinski definition) is 1. The van der Waals surface area contributed by atoms with Crippen LogP contribution in [0.15, 0.2) is 58.3 Å². The average Bonchev–Trinajstić information content (AvgIpc) is 2.90. The lowest BCUT2D eigenvalue weighted by atomic mass is 10.2. The highest BCUT2D eigenvalue weighted by Crippen LogP contribution is 2.29. The van der Waals surface area contributed by atoms with Crippen LogP contribution < -0.4 is 5.32 Å². The van der Waals surface area contributed by atoms with E-state index >= 15 is 0 Å². The molecule has 9 nitrogen and oxygen atoms in total. The molecule has 1 aliphatic rings. The second-order valence-electron chi connectivity index (χ2n) is 6.48. The van der Waals surface area contributed by atoms with Crippen LogP contribution in [0.4, 0.5) is 5.69 Å². The van der Waals surface area contributed by atoms with Gasteiger partial charge in [0.15, 0.2) is 0 Å². The molecule has 0 radical (unpaired) electrons. The van der Waals surface area contributed by atoms with Crippen LogP contribution in [-0.4, -0.2) is 56.9 Å². The summed E-state index contributed by atoms with van der Waals surface area (Å²) in [7, 11) is -7.84. The number of carbonyl (C=O) groups excluding carboxylic acids is 2. The standard InChI is InChI=1S/C19H21N3O6S2/c1-3-21(4-2)29(25,26)15-9-7-8-14(12-15)20-18(23)13-22-19(24)16-10-5-6-11-17(16)30(22,27)28/h5-12H,3-4,13H2,1-2H3,(H,20,23). The van der Waals surface area contributed by atoms with Gasteiger partial charge in [-0.05, 0) is 30.3 Å². The first-order valence-electron chi connectivity index (χ1n) is 9.19. The highest BCUT2D eigenvalue weighted by atomic mass is 32.2. The number of rotatable bonds is 7. The van der Waals surface area contributed by atoms with E-state index in [2.05, 4.69) is 5.32 Å². The molecule has 2 aromatic rings. The summed E-state index contributed by atoms with van der Waals surface area (Å²) >= 11 is 0. The molecule has 0 atom stereocenters. The molecule has 0 saturated carbocycles. The Bertz CT molecular complexity index is 1200. The van der Waals surface area contributed by atoms with Gasteiger partial charge in [0, 0.05) is 18.8 Å². The van der Waals surface area contributed by atoms with Crippen molar-refractivity contribution in [2.75, 3.05) is 25.0 Å². The van der Waals surface area contributed by atoms with Gasteiger partial charge in [-0.3, -0.25) is 9.59 Å². The number of fused-ring (bicyclic) bond motifs is 1. The Morgan fingerprint density at radius 2 is 1.73 bits per heavy atom. The van der Waals surface area contributed by atoms with Gasteiger partial charge in [0.1, 0.15) is 11.4 Å². The quantitative estimate of drug-likeness (QED) is 0.681. The van der Waals surface area contributed by atoms with Crippen LogP contribution >= 0.6 is 0 Å². The van der Waals surface area contributed by atoms with Crippen molar-refractivity contribution in [2.45, 2.75) is 23.6 Å². The van der Waals surface area contributed by atoms with Crippen LogP contribution in [0.1, 0.15) is 24.2 Å². The molecule has 0 aromatic heterocycles. The molecule has 0 bridgehead atoms. The summed E-state index contributed by atoms with van der Waals surface area (Å²) in [6.07, 6.45) is 0. The lowest BCUT2D eigenvalue weighted by Crippen LogP contribution is -2.37. The molecule has 0 spiro atoms. The normalized spacial score (nSPS) is 15.3. The molecule has 2 amide bonds. The fourth-order valence-corrected chi connectivity index (χ4v) is 6.19. The third-order valence-corrected chi connectivity index (χ3v) is 8.49. The molecule has 2 aromatic carbocycles. The second-order valence-corrected chi connectivity index (χ2v) is 10.2. The number of anilines is 1. The zero-order valence-electron chi connectivity index (χ0n) is 16.4. The maximum Gasteiger partial charge on any atom is 0.269 e. The van der Waals surface area contributed by atoms with E-state index in [-0.39, 0.29) is 21.0 Å². The Labute approximate surface area is 175 Å². The van der Waals surface area contributed by atoms with E-state index in [0.717, 1.165) is 0 Å². The maximum atomic E-state index is 12.6. The van der Waals surface area contributed by atoms with E-state index in [1.165, 1.54) is 52.8 Å². The van der Waals surface area contributed by atoms with Crippen molar-refractivity contribution in [1.29, 1.82) is 0 Å². The van der Waals surface area contributed by atoms with E-state index in [0.29, 0.717) is 17.4 Å². The molecule has 0 fully saturated rings. The first-order chi connectivity index (χ1) is 14.1. The molecule has 0 saturated heterocycles. The molecule has 1 aliphatic heterocycles. The fraction of sp³-hybridized carbons (Fsp3) is 0.263. The predicted molar refractivity (Wildman–Crippen MR) is 110 cm³/mol. The molecule has 0 unspecified atom stereocenters. The van der Waals surface area contributed by atoms with Gasteiger partial charge in [-0.2, -0.15) is 4.31 Å². The van der Waals surface area contributed by atoms with Gasteiger partial charge in [-0.25, -0.2) is 21.1 Å². The molecule has 3 rings (SSSR count). The zero-order chi connectivity index (χ0) is 22.1. The summed E-state index contributed by atoms with van der Waals surface area (Å²) in [5.74, 6) is -1.55. The first-order valence-corrected chi connectivity index (χ1v) is 12.1.